The van der Waals surface area contributed by atoms with Crippen LogP contribution >= 0.6 is 0 Å². The van der Waals surface area contributed by atoms with Gasteiger partial charge in [0.2, 0.25) is 10.0 Å². The van der Waals surface area contributed by atoms with Crippen molar-refractivity contribution in [3.8, 4) is 0 Å². The Bertz CT molecular complexity index is 869. The lowest BCUT2D eigenvalue weighted by atomic mass is 10.1. The van der Waals surface area contributed by atoms with Gasteiger partial charge >= 0.3 is 0 Å². The van der Waals surface area contributed by atoms with Crippen molar-refractivity contribution in [2.24, 2.45) is 0 Å². The second kappa shape index (κ2) is 9.61. The van der Waals surface area contributed by atoms with Gasteiger partial charge in [-0.2, -0.15) is 0 Å². The number of hydrogen-bond donors (Lipinski definition) is 3. The van der Waals surface area contributed by atoms with Crippen LogP contribution in [0, 0.1) is 6.92 Å². The Kier molecular flexibility index (Phi) is 7.49. The van der Waals surface area contributed by atoms with Crippen LogP contribution in [0.4, 0.5) is 0 Å². The van der Waals surface area contributed by atoms with Crippen LogP contribution in [-0.2, 0) is 14.8 Å². The van der Waals surface area contributed by atoms with Crippen molar-refractivity contribution >= 4 is 15.9 Å². The summed E-state index contributed by atoms with van der Waals surface area (Å²) >= 11 is 0. The molecule has 2 aromatic rings. The summed E-state index contributed by atoms with van der Waals surface area (Å²) < 4.78 is 31.9. The number of ether oxygens (including phenoxy) is 1. The predicted molar refractivity (Wildman–Crippen MR) is 102 cm³/mol. The van der Waals surface area contributed by atoms with Gasteiger partial charge < -0.3 is 15.2 Å². The van der Waals surface area contributed by atoms with Crippen LogP contribution in [0.5, 0.6) is 0 Å². The molecule has 0 bridgehead atoms. The molecule has 146 valence electrons. The Morgan fingerprint density at radius 2 is 1.89 bits per heavy atom. The molecule has 8 heteroatoms. The van der Waals surface area contributed by atoms with Crippen molar-refractivity contribution in [3.63, 3.8) is 0 Å². The molecule has 0 spiro atoms. The maximum absolute atomic E-state index is 12.5. The van der Waals surface area contributed by atoms with E-state index in [1.54, 1.807) is 37.3 Å². The zero-order chi connectivity index (χ0) is 19.9. The van der Waals surface area contributed by atoms with E-state index in [9.17, 15) is 18.3 Å². The highest BCUT2D eigenvalue weighted by atomic mass is 32.2. The third-order valence-corrected chi connectivity index (χ3v) is 5.46. The number of amides is 1. The smallest absolute Gasteiger partial charge is 0.251 e. The van der Waals surface area contributed by atoms with Gasteiger partial charge in [-0.15, -0.1) is 0 Å². The van der Waals surface area contributed by atoms with Crippen LogP contribution < -0.4 is 10.0 Å². The van der Waals surface area contributed by atoms with Crippen molar-refractivity contribution in [2.45, 2.75) is 17.9 Å². The van der Waals surface area contributed by atoms with Crippen LogP contribution in [0.1, 0.15) is 27.6 Å². The molecule has 0 aliphatic carbocycles. The normalized spacial score (nSPS) is 12.6. The highest BCUT2D eigenvalue weighted by molar-refractivity contribution is 7.89. The molecule has 1 unspecified atom stereocenters. The summed E-state index contributed by atoms with van der Waals surface area (Å²) in [7, 11) is -2.26. The van der Waals surface area contributed by atoms with E-state index in [1.165, 1.54) is 19.2 Å². The van der Waals surface area contributed by atoms with Gasteiger partial charge in [0, 0.05) is 25.8 Å². The van der Waals surface area contributed by atoms with Crippen LogP contribution in [-0.4, -0.2) is 46.2 Å². The minimum atomic E-state index is -3.74. The molecule has 2 aromatic carbocycles. The number of sulfonamides is 1. The first-order valence-electron chi connectivity index (χ1n) is 8.45. The maximum atomic E-state index is 12.5. The quantitative estimate of drug-likeness (QED) is 0.559. The summed E-state index contributed by atoms with van der Waals surface area (Å²) in [4.78, 5) is 12.5. The van der Waals surface area contributed by atoms with Gasteiger partial charge in [0.15, 0.2) is 0 Å². The summed E-state index contributed by atoms with van der Waals surface area (Å²) in [6, 6.07) is 13.3. The van der Waals surface area contributed by atoms with E-state index < -0.39 is 22.0 Å². The molecule has 0 aliphatic rings. The van der Waals surface area contributed by atoms with Gasteiger partial charge in [-0.25, -0.2) is 13.1 Å². The largest absolute Gasteiger partial charge is 0.387 e. The summed E-state index contributed by atoms with van der Waals surface area (Å²) in [5, 5.41) is 12.8. The molecule has 2 rings (SSSR count). The number of carbonyl (C=O) groups is 1. The average molecular weight is 392 g/mol. The molecule has 0 aliphatic heterocycles. The number of hydrogen-bond acceptors (Lipinski definition) is 5. The molecular weight excluding hydrogens is 368 g/mol. The number of aliphatic hydroxyl groups excluding tert-OH is 1. The van der Waals surface area contributed by atoms with Gasteiger partial charge in [-0.1, -0.05) is 36.4 Å². The SMILES string of the molecule is COCCNS(=O)(=O)c1ccc(C)c(C(=O)NCC(O)c2ccccc2)c1. The fourth-order valence-electron chi connectivity index (χ4n) is 2.45. The molecule has 1 atom stereocenters. The van der Waals surface area contributed by atoms with Crippen LogP contribution in [0.3, 0.4) is 0 Å². The fourth-order valence-corrected chi connectivity index (χ4v) is 3.49. The third kappa shape index (κ3) is 5.86. The number of methoxy groups -OCH3 is 1. The molecule has 0 radical (unpaired) electrons. The topological polar surface area (TPSA) is 105 Å². The van der Waals surface area contributed by atoms with E-state index >= 15 is 0 Å². The van der Waals surface area contributed by atoms with Crippen molar-refractivity contribution in [1.29, 1.82) is 0 Å². The molecule has 3 N–H and O–H groups in total. The number of aryl methyl sites for hydroxylation is 1. The summed E-state index contributed by atoms with van der Waals surface area (Å²) in [5.41, 5.74) is 1.57. The van der Waals surface area contributed by atoms with E-state index in [4.69, 9.17) is 4.74 Å². The van der Waals surface area contributed by atoms with E-state index in [-0.39, 0.29) is 30.2 Å². The maximum Gasteiger partial charge on any atom is 0.251 e. The summed E-state index contributed by atoms with van der Waals surface area (Å²) in [5.74, 6) is -0.448. The summed E-state index contributed by atoms with van der Waals surface area (Å²) in [6.45, 7) is 2.12. The Hall–Kier alpha value is -2.26. The van der Waals surface area contributed by atoms with Gasteiger partial charge in [0.05, 0.1) is 17.6 Å². The van der Waals surface area contributed by atoms with Gasteiger partial charge in [-0.3, -0.25) is 4.79 Å². The van der Waals surface area contributed by atoms with E-state index in [2.05, 4.69) is 10.0 Å². The molecule has 27 heavy (non-hydrogen) atoms. The number of rotatable bonds is 9. The molecule has 7 nitrogen and oxygen atoms in total. The Morgan fingerprint density at radius 1 is 1.19 bits per heavy atom. The minimum absolute atomic E-state index is 0.00189. The molecule has 0 saturated carbocycles. The molecule has 0 saturated heterocycles. The highest BCUT2D eigenvalue weighted by Gasteiger charge is 2.18. The first-order chi connectivity index (χ1) is 12.8. The number of benzene rings is 2. The second-order valence-corrected chi connectivity index (χ2v) is 7.77. The average Bonchev–Trinajstić information content (AvgIpc) is 2.66. The molecule has 1 amide bonds. The first kappa shape index (κ1) is 21.0. The lowest BCUT2D eigenvalue weighted by Crippen LogP contribution is -2.30. The van der Waals surface area contributed by atoms with Crippen molar-refractivity contribution in [1.82, 2.24) is 10.0 Å². The third-order valence-electron chi connectivity index (χ3n) is 4.00. The summed E-state index contributed by atoms with van der Waals surface area (Å²) in [6.07, 6.45) is -0.849. The second-order valence-electron chi connectivity index (χ2n) is 6.00. The lowest BCUT2D eigenvalue weighted by Gasteiger charge is -2.14. The number of nitrogens with one attached hydrogen (secondary N) is 2. The lowest BCUT2D eigenvalue weighted by molar-refractivity contribution is 0.0915. The van der Waals surface area contributed by atoms with Crippen LogP contribution in [0.2, 0.25) is 0 Å². The Morgan fingerprint density at radius 3 is 2.56 bits per heavy atom. The molecular formula is C19H24N2O5S. The highest BCUT2D eigenvalue weighted by Crippen LogP contribution is 2.16. The molecule has 0 fully saturated rings. The van der Waals surface area contributed by atoms with Crippen molar-refractivity contribution in [3.05, 3.63) is 65.2 Å². The van der Waals surface area contributed by atoms with Crippen molar-refractivity contribution < 1.29 is 23.1 Å². The van der Waals surface area contributed by atoms with Crippen LogP contribution in [0.15, 0.2) is 53.4 Å². The zero-order valence-corrected chi connectivity index (χ0v) is 16.1. The van der Waals surface area contributed by atoms with E-state index in [0.29, 0.717) is 11.1 Å². The monoisotopic (exact) mass is 392 g/mol. The van der Waals surface area contributed by atoms with Gasteiger partial charge in [-0.05, 0) is 30.2 Å². The number of aliphatic hydroxyl groups is 1. The van der Waals surface area contributed by atoms with Gasteiger partial charge in [0.25, 0.3) is 5.91 Å². The van der Waals surface area contributed by atoms with Crippen LogP contribution in [0.25, 0.3) is 0 Å². The molecule has 0 heterocycles. The number of carbonyl (C=O) groups excluding carboxylic acids is 1. The molecule has 0 aromatic heterocycles. The minimum Gasteiger partial charge on any atom is -0.387 e. The zero-order valence-electron chi connectivity index (χ0n) is 15.3. The Labute approximate surface area is 159 Å². The van der Waals surface area contributed by atoms with E-state index in [1.807, 2.05) is 6.07 Å². The first-order valence-corrected chi connectivity index (χ1v) is 9.94. The van der Waals surface area contributed by atoms with Gasteiger partial charge in [0.1, 0.15) is 0 Å². The predicted octanol–water partition coefficient (Wildman–Crippen LogP) is 1.38. The standard InChI is InChI=1S/C19H24N2O5S/c1-14-8-9-16(27(24,25)21-10-11-26-2)12-17(14)19(23)20-13-18(22)15-6-4-3-5-7-15/h3-9,12,18,21-22H,10-11,13H2,1-2H3,(H,20,23). The van der Waals surface area contributed by atoms with E-state index in [0.717, 1.165) is 0 Å². The Balaban J connectivity index is 2.09. The fraction of sp³-hybridized carbons (Fsp3) is 0.316. The van der Waals surface area contributed by atoms with Crippen molar-refractivity contribution in [2.75, 3.05) is 26.8 Å².